The maximum Gasteiger partial charge on any atom is 0.245 e. The Kier molecular flexibility index (Phi) is 18.8. The zero-order valence-electron chi connectivity index (χ0n) is 44.9. The van der Waals surface area contributed by atoms with E-state index in [2.05, 4.69) is 129 Å². The molecule has 4 N–H and O–H groups in total. The molecule has 390 valence electrons. The van der Waals surface area contributed by atoms with E-state index < -0.39 is 35.2 Å². The molecule has 4 aliphatic heterocycles. The predicted molar refractivity (Wildman–Crippen MR) is 278 cm³/mol. The van der Waals surface area contributed by atoms with Crippen molar-refractivity contribution in [2.45, 2.75) is 155 Å². The number of rotatable bonds is 21. The second kappa shape index (κ2) is 23.7. The largest absolute Gasteiger partial charge is 0.374 e. The lowest BCUT2D eigenvalue weighted by Gasteiger charge is -2.47. The lowest BCUT2D eigenvalue weighted by molar-refractivity contribution is -0.144. The highest BCUT2D eigenvalue weighted by atomic mass is 16.5. The summed E-state index contributed by atoms with van der Waals surface area (Å²) in [7, 11) is 3.51. The standard InChI is InChI=1S/C56H90N8O6/c1-39(2)47(59-49(65)41(5)57-11)51(67)63-29-25-53(7)33-45(35-61(37-55(53,63)9)27-23-43-19-15-13-16-20-43)69-31-32-70-46-34-54(8)26-30-64(52(68)48(40(3)4)60-50(66)42(6)58-12)56(54,10)38-62(36-46)28-24-44-21-17-14-18-22-44/h13-22,39-42,45-48,57-58H,23-38H2,1-12H3,(H,59,65)(H,60,66)/t41-,42-,45+,46+,47-,48-,53-,54-,55+,56+/m0/s1. The van der Waals surface area contributed by atoms with Crippen molar-refractivity contribution in [2.24, 2.45) is 22.7 Å². The number of nitrogens with one attached hydrogen (secondary N) is 4. The van der Waals surface area contributed by atoms with Gasteiger partial charge >= 0.3 is 0 Å². The number of carbonyl (C=O) groups is 4. The Morgan fingerprint density at radius 3 is 1.27 bits per heavy atom. The molecule has 4 amide bonds. The van der Waals surface area contributed by atoms with Gasteiger partial charge < -0.3 is 40.5 Å². The summed E-state index contributed by atoms with van der Waals surface area (Å²) < 4.78 is 13.9. The molecule has 2 aromatic rings. The fourth-order valence-electron chi connectivity index (χ4n) is 12.1. The van der Waals surface area contributed by atoms with Crippen LogP contribution in [0.1, 0.15) is 106 Å². The minimum Gasteiger partial charge on any atom is -0.374 e. The molecule has 0 saturated carbocycles. The van der Waals surface area contributed by atoms with Crippen LogP contribution >= 0.6 is 0 Å². The maximum atomic E-state index is 14.7. The second-order valence-corrected chi connectivity index (χ2v) is 23.0. The van der Waals surface area contributed by atoms with E-state index in [1.165, 1.54) is 11.1 Å². The summed E-state index contributed by atoms with van der Waals surface area (Å²) in [6, 6.07) is 19.1. The van der Waals surface area contributed by atoms with Gasteiger partial charge in [-0.1, -0.05) is 102 Å². The minimum absolute atomic E-state index is 0.0138. The molecule has 10 atom stereocenters. The predicted octanol–water partition coefficient (Wildman–Crippen LogP) is 5.15. The van der Waals surface area contributed by atoms with Gasteiger partial charge in [0.25, 0.3) is 0 Å². The van der Waals surface area contributed by atoms with Gasteiger partial charge in [-0.15, -0.1) is 0 Å². The first-order valence-corrected chi connectivity index (χ1v) is 26.5. The molecule has 0 spiro atoms. The van der Waals surface area contributed by atoms with E-state index >= 15 is 0 Å². The molecule has 4 saturated heterocycles. The van der Waals surface area contributed by atoms with Crippen LogP contribution in [0, 0.1) is 22.7 Å². The molecular formula is C56H90N8O6. The first-order chi connectivity index (χ1) is 33.2. The fraction of sp³-hybridized carbons (Fsp3) is 0.714. The topological polar surface area (TPSA) is 148 Å². The highest BCUT2D eigenvalue weighted by molar-refractivity contribution is 5.91. The number of benzene rings is 2. The monoisotopic (exact) mass is 971 g/mol. The Hall–Kier alpha value is -3.92. The van der Waals surface area contributed by atoms with E-state index in [1.807, 2.05) is 41.5 Å². The van der Waals surface area contributed by atoms with Crippen molar-refractivity contribution in [3.63, 3.8) is 0 Å². The van der Waals surface area contributed by atoms with Gasteiger partial charge in [-0.25, -0.2) is 0 Å². The average molecular weight is 971 g/mol. The van der Waals surface area contributed by atoms with E-state index in [0.717, 1.165) is 64.7 Å². The third-order valence-corrected chi connectivity index (χ3v) is 17.5. The first kappa shape index (κ1) is 55.4. The van der Waals surface area contributed by atoms with Crippen LogP contribution in [0.3, 0.4) is 0 Å². The van der Waals surface area contributed by atoms with Crippen LogP contribution in [0.2, 0.25) is 0 Å². The number of fused-ring (bicyclic) bond motifs is 2. The molecule has 14 heteroatoms. The van der Waals surface area contributed by atoms with E-state index in [9.17, 15) is 19.2 Å². The summed E-state index contributed by atoms with van der Waals surface area (Å²) in [5, 5.41) is 12.2. The van der Waals surface area contributed by atoms with Crippen LogP contribution in [-0.4, -0.2) is 170 Å². The van der Waals surface area contributed by atoms with Gasteiger partial charge in [0.05, 0.1) is 48.6 Å². The number of amides is 4. The molecule has 0 radical (unpaired) electrons. The van der Waals surface area contributed by atoms with Crippen molar-refractivity contribution >= 4 is 23.6 Å². The molecular weight excluding hydrogens is 881 g/mol. The highest BCUT2D eigenvalue weighted by Crippen LogP contribution is 2.53. The Labute approximate surface area is 421 Å². The molecule has 0 bridgehead atoms. The quantitative estimate of drug-likeness (QED) is 0.124. The zero-order valence-corrected chi connectivity index (χ0v) is 44.9. The van der Waals surface area contributed by atoms with Gasteiger partial charge in [-0.3, -0.25) is 29.0 Å². The Morgan fingerprint density at radius 1 is 0.586 bits per heavy atom. The third kappa shape index (κ3) is 12.5. The van der Waals surface area contributed by atoms with Crippen molar-refractivity contribution in [3.05, 3.63) is 71.8 Å². The smallest absolute Gasteiger partial charge is 0.245 e. The number of hydrogen-bond acceptors (Lipinski definition) is 10. The number of carbonyl (C=O) groups excluding carboxylic acids is 4. The molecule has 14 nitrogen and oxygen atoms in total. The normalized spacial score (nSPS) is 29.2. The van der Waals surface area contributed by atoms with Crippen LogP contribution in [0.15, 0.2) is 60.7 Å². The van der Waals surface area contributed by atoms with Gasteiger partial charge in [-0.05, 0) is 114 Å². The summed E-state index contributed by atoms with van der Waals surface area (Å²) in [4.78, 5) is 64.9. The molecule has 2 aromatic carbocycles. The number of hydrogen-bond donors (Lipinski definition) is 4. The summed E-state index contributed by atoms with van der Waals surface area (Å²) in [6.07, 6.45) is 4.92. The lowest BCUT2D eigenvalue weighted by Crippen LogP contribution is -2.62. The summed E-state index contributed by atoms with van der Waals surface area (Å²) in [6.45, 7) is 27.6. The Balaban J connectivity index is 1.18. The van der Waals surface area contributed by atoms with Gasteiger partial charge in [0.1, 0.15) is 12.1 Å². The first-order valence-electron chi connectivity index (χ1n) is 26.5. The lowest BCUT2D eigenvalue weighted by atomic mass is 9.69. The van der Waals surface area contributed by atoms with Gasteiger partial charge in [0.15, 0.2) is 0 Å². The summed E-state index contributed by atoms with van der Waals surface area (Å²) in [5.74, 6) is -0.530. The van der Waals surface area contributed by atoms with Crippen LogP contribution in [0.5, 0.6) is 0 Å². The molecule has 70 heavy (non-hydrogen) atoms. The Morgan fingerprint density at radius 2 is 0.943 bits per heavy atom. The van der Waals surface area contributed by atoms with Crippen LogP contribution in [0.25, 0.3) is 0 Å². The molecule has 4 heterocycles. The van der Waals surface area contributed by atoms with Crippen LogP contribution < -0.4 is 21.3 Å². The molecule has 4 aliphatic rings. The molecule has 4 fully saturated rings. The van der Waals surface area contributed by atoms with Crippen LogP contribution in [-0.2, 0) is 41.5 Å². The third-order valence-electron chi connectivity index (χ3n) is 17.5. The summed E-state index contributed by atoms with van der Waals surface area (Å²) in [5.41, 5.74) is 1.11. The number of likely N-dealkylation sites (tertiary alicyclic amines) is 4. The molecule has 0 aliphatic carbocycles. The Bertz CT molecular complexity index is 1900. The zero-order chi connectivity index (χ0) is 51.0. The minimum atomic E-state index is -0.629. The second-order valence-electron chi connectivity index (χ2n) is 23.0. The molecule has 6 rings (SSSR count). The summed E-state index contributed by atoms with van der Waals surface area (Å²) >= 11 is 0. The van der Waals surface area contributed by atoms with E-state index in [4.69, 9.17) is 9.47 Å². The highest BCUT2D eigenvalue weighted by Gasteiger charge is 2.60. The van der Waals surface area contributed by atoms with Crippen LogP contribution in [0.4, 0.5) is 0 Å². The molecule has 0 unspecified atom stereocenters. The van der Waals surface area contributed by atoms with Crippen molar-refractivity contribution in [1.82, 2.24) is 40.9 Å². The number of likely N-dealkylation sites (N-methyl/N-ethyl adjacent to an activating group) is 2. The SMILES string of the molecule is CN[C@@H](C)C(=O)N[C@H](C(=O)N1CC[C@@]2(C)C[C@@H](OCCO[C@H]3CN(CCc4ccccc4)C[C@@]4(C)N(C(=O)[C@@H](NC(=O)[C@H](C)NC)C(C)C)CC[C@@]4(C)C3)CN(CCc3ccccc3)C[C@@]12C)C(C)C. The fourth-order valence-corrected chi connectivity index (χ4v) is 12.1. The van der Waals surface area contributed by atoms with Crippen molar-refractivity contribution in [1.29, 1.82) is 0 Å². The van der Waals surface area contributed by atoms with Crippen molar-refractivity contribution in [3.8, 4) is 0 Å². The van der Waals surface area contributed by atoms with Gasteiger partial charge in [-0.2, -0.15) is 0 Å². The van der Waals surface area contributed by atoms with E-state index in [1.54, 1.807) is 14.1 Å². The van der Waals surface area contributed by atoms with E-state index in [-0.39, 0.29) is 58.5 Å². The van der Waals surface area contributed by atoms with Gasteiger partial charge in [0.2, 0.25) is 23.6 Å². The van der Waals surface area contributed by atoms with E-state index in [0.29, 0.717) is 39.4 Å². The molecule has 0 aromatic heterocycles. The maximum absolute atomic E-state index is 14.7. The van der Waals surface area contributed by atoms with Gasteiger partial charge in [0, 0.05) is 52.4 Å². The van der Waals surface area contributed by atoms with Crippen molar-refractivity contribution < 1.29 is 28.7 Å². The number of nitrogens with zero attached hydrogens (tertiary/aromatic N) is 4. The average Bonchev–Trinajstić information content (AvgIpc) is 3.64. The van der Waals surface area contributed by atoms with Crippen molar-refractivity contribution in [2.75, 3.05) is 79.7 Å². The number of ether oxygens (including phenoxy) is 2.